The first-order valence-corrected chi connectivity index (χ1v) is 8.54. The lowest BCUT2D eigenvalue weighted by Gasteiger charge is -2.11. The van der Waals surface area contributed by atoms with E-state index in [0.29, 0.717) is 10.2 Å². The highest BCUT2D eigenvalue weighted by molar-refractivity contribution is 9.10. The number of carbonyl (C=O) groups is 1. The second-order valence-corrected chi connectivity index (χ2v) is 6.94. The predicted molar refractivity (Wildman–Crippen MR) is 86.1 cm³/mol. The number of methoxy groups -OCH3 is 2. The number of ether oxygens (including phenoxy) is 2. The van der Waals surface area contributed by atoms with Crippen molar-refractivity contribution in [2.24, 2.45) is 0 Å². The Kier molecular flexibility index (Phi) is 5.22. The maximum atomic E-state index is 12.3. The summed E-state index contributed by atoms with van der Waals surface area (Å²) in [4.78, 5) is 15.9. The van der Waals surface area contributed by atoms with Crippen LogP contribution in [-0.2, 0) is 10.0 Å². The van der Waals surface area contributed by atoms with Crippen molar-refractivity contribution in [3.8, 4) is 11.5 Å². The number of rotatable bonds is 5. The highest BCUT2D eigenvalue weighted by Gasteiger charge is 2.22. The van der Waals surface area contributed by atoms with Crippen molar-refractivity contribution in [3.63, 3.8) is 0 Å². The van der Waals surface area contributed by atoms with E-state index >= 15 is 0 Å². The monoisotopic (exact) mass is 400 g/mol. The number of benzene rings is 1. The molecule has 7 nitrogen and oxygen atoms in total. The van der Waals surface area contributed by atoms with Gasteiger partial charge in [0.1, 0.15) is 16.4 Å². The summed E-state index contributed by atoms with van der Waals surface area (Å²) in [5.74, 6) is -0.133. The minimum Gasteiger partial charge on any atom is -0.497 e. The number of nitrogens with one attached hydrogen (secondary N) is 1. The van der Waals surface area contributed by atoms with Crippen LogP contribution in [0.4, 0.5) is 0 Å². The molecule has 122 valence electrons. The van der Waals surface area contributed by atoms with Crippen LogP contribution in [0.1, 0.15) is 10.4 Å². The molecule has 0 saturated heterocycles. The number of carbonyl (C=O) groups excluding carboxylic acids is 1. The van der Waals surface area contributed by atoms with Gasteiger partial charge in [-0.15, -0.1) is 0 Å². The summed E-state index contributed by atoms with van der Waals surface area (Å²) >= 11 is 3.13. The number of hydrogen-bond donors (Lipinski definition) is 1. The van der Waals surface area contributed by atoms with Gasteiger partial charge in [0.25, 0.3) is 15.9 Å². The van der Waals surface area contributed by atoms with Crippen molar-refractivity contribution in [1.29, 1.82) is 0 Å². The Morgan fingerprint density at radius 1 is 1.17 bits per heavy atom. The van der Waals surface area contributed by atoms with E-state index in [1.54, 1.807) is 0 Å². The predicted octanol–water partition coefficient (Wildman–Crippen LogP) is 1.98. The molecule has 0 radical (unpaired) electrons. The summed E-state index contributed by atoms with van der Waals surface area (Å²) in [6.07, 6.45) is 2.58. The van der Waals surface area contributed by atoms with Crippen LogP contribution in [0.2, 0.25) is 0 Å². The molecular formula is C14H13BrN2O5S. The summed E-state index contributed by atoms with van der Waals surface area (Å²) in [5, 5.41) is 0. The Morgan fingerprint density at radius 3 is 2.52 bits per heavy atom. The molecule has 2 rings (SSSR count). The molecule has 0 aliphatic rings. The number of nitrogens with zero attached hydrogens (tertiary/aromatic N) is 1. The average Bonchev–Trinajstić information content (AvgIpc) is 2.53. The second kappa shape index (κ2) is 6.97. The number of hydrogen-bond acceptors (Lipinski definition) is 6. The Morgan fingerprint density at radius 2 is 1.91 bits per heavy atom. The molecule has 9 heteroatoms. The number of pyridine rings is 1. The zero-order valence-electron chi connectivity index (χ0n) is 12.2. The fourth-order valence-electron chi connectivity index (χ4n) is 1.76. The van der Waals surface area contributed by atoms with Gasteiger partial charge < -0.3 is 9.47 Å². The van der Waals surface area contributed by atoms with Gasteiger partial charge in [0.15, 0.2) is 0 Å². The van der Waals surface area contributed by atoms with Crippen LogP contribution in [0.5, 0.6) is 11.5 Å². The molecule has 0 aliphatic heterocycles. The van der Waals surface area contributed by atoms with Crippen LogP contribution in [0.3, 0.4) is 0 Å². The number of amides is 1. The van der Waals surface area contributed by atoms with E-state index in [9.17, 15) is 13.2 Å². The van der Waals surface area contributed by atoms with Crippen LogP contribution in [0.25, 0.3) is 0 Å². The highest BCUT2D eigenvalue weighted by atomic mass is 79.9. The maximum Gasteiger partial charge on any atom is 0.268 e. The van der Waals surface area contributed by atoms with Gasteiger partial charge in [-0.05, 0) is 34.1 Å². The van der Waals surface area contributed by atoms with E-state index in [2.05, 4.69) is 20.9 Å². The summed E-state index contributed by atoms with van der Waals surface area (Å²) in [6, 6.07) is 5.78. The molecule has 0 spiro atoms. The summed E-state index contributed by atoms with van der Waals surface area (Å²) in [7, 11) is -1.20. The lowest BCUT2D eigenvalue weighted by Crippen LogP contribution is -2.31. The second-order valence-electron chi connectivity index (χ2n) is 4.34. The van der Waals surface area contributed by atoms with Crippen molar-refractivity contribution >= 4 is 31.9 Å². The van der Waals surface area contributed by atoms with Crippen LogP contribution in [0.15, 0.2) is 46.0 Å². The normalized spacial score (nSPS) is 10.9. The minimum atomic E-state index is -4.05. The average molecular weight is 401 g/mol. The third-order valence-corrected chi connectivity index (χ3v) is 4.60. The summed E-state index contributed by atoms with van der Waals surface area (Å²) < 4.78 is 37.1. The van der Waals surface area contributed by atoms with Crippen molar-refractivity contribution in [3.05, 3.63) is 46.7 Å². The van der Waals surface area contributed by atoms with E-state index in [0.717, 1.165) is 6.20 Å². The first-order valence-electron chi connectivity index (χ1n) is 6.27. The first kappa shape index (κ1) is 17.2. The third kappa shape index (κ3) is 3.99. The molecule has 0 saturated carbocycles. The summed E-state index contributed by atoms with van der Waals surface area (Å²) in [5.41, 5.74) is 0.0693. The van der Waals surface area contributed by atoms with Crippen LogP contribution in [0, 0.1) is 0 Å². The number of aromatic nitrogens is 1. The van der Waals surface area contributed by atoms with Gasteiger partial charge in [0.2, 0.25) is 0 Å². The molecule has 1 N–H and O–H groups in total. The first-order chi connectivity index (χ1) is 10.9. The van der Waals surface area contributed by atoms with Gasteiger partial charge >= 0.3 is 0 Å². The molecule has 23 heavy (non-hydrogen) atoms. The molecule has 2 aromatic rings. The van der Waals surface area contributed by atoms with Crippen molar-refractivity contribution in [1.82, 2.24) is 9.71 Å². The SMILES string of the molecule is COc1ccc(C(=O)NS(=O)(=O)c2cncc(Br)c2)c(OC)c1. The Balaban J connectivity index is 2.31. The molecule has 0 unspecified atom stereocenters. The van der Waals surface area contributed by atoms with Gasteiger partial charge in [0.05, 0.1) is 19.8 Å². The number of halogens is 1. The van der Waals surface area contributed by atoms with Gasteiger partial charge in [-0.3, -0.25) is 9.78 Å². The van der Waals surface area contributed by atoms with Gasteiger partial charge in [-0.1, -0.05) is 0 Å². The third-order valence-electron chi connectivity index (χ3n) is 2.87. The highest BCUT2D eigenvalue weighted by Crippen LogP contribution is 2.25. The van der Waals surface area contributed by atoms with E-state index in [1.165, 1.54) is 44.7 Å². The Labute approximate surface area is 141 Å². The molecule has 0 aliphatic carbocycles. The van der Waals surface area contributed by atoms with Gasteiger partial charge in [0, 0.05) is 22.9 Å². The molecule has 1 aromatic carbocycles. The molecule has 1 heterocycles. The van der Waals surface area contributed by atoms with E-state index in [-0.39, 0.29) is 16.2 Å². The Bertz CT molecular complexity index is 839. The zero-order valence-corrected chi connectivity index (χ0v) is 14.6. The van der Waals surface area contributed by atoms with Crippen molar-refractivity contribution in [2.75, 3.05) is 14.2 Å². The molecule has 1 amide bonds. The fourth-order valence-corrected chi connectivity index (χ4v) is 3.23. The van der Waals surface area contributed by atoms with Gasteiger partial charge in [-0.2, -0.15) is 0 Å². The lowest BCUT2D eigenvalue weighted by molar-refractivity contribution is 0.0978. The topological polar surface area (TPSA) is 94.6 Å². The molecule has 0 fully saturated rings. The molecular weight excluding hydrogens is 388 g/mol. The number of sulfonamides is 1. The van der Waals surface area contributed by atoms with E-state index in [4.69, 9.17) is 9.47 Å². The maximum absolute atomic E-state index is 12.3. The van der Waals surface area contributed by atoms with E-state index < -0.39 is 15.9 Å². The van der Waals surface area contributed by atoms with Crippen molar-refractivity contribution in [2.45, 2.75) is 4.90 Å². The fraction of sp³-hybridized carbons (Fsp3) is 0.143. The van der Waals surface area contributed by atoms with Crippen LogP contribution >= 0.6 is 15.9 Å². The molecule has 1 aromatic heterocycles. The van der Waals surface area contributed by atoms with E-state index in [1.807, 2.05) is 4.72 Å². The largest absolute Gasteiger partial charge is 0.497 e. The van der Waals surface area contributed by atoms with Crippen LogP contribution in [-0.4, -0.2) is 33.5 Å². The molecule has 0 atom stereocenters. The summed E-state index contributed by atoms with van der Waals surface area (Å²) in [6.45, 7) is 0. The van der Waals surface area contributed by atoms with Gasteiger partial charge in [-0.25, -0.2) is 13.1 Å². The van der Waals surface area contributed by atoms with Crippen molar-refractivity contribution < 1.29 is 22.7 Å². The lowest BCUT2D eigenvalue weighted by atomic mass is 10.2. The van der Waals surface area contributed by atoms with Crippen LogP contribution < -0.4 is 14.2 Å². The zero-order chi connectivity index (χ0) is 17.0. The standard InChI is InChI=1S/C14H13BrN2O5S/c1-21-10-3-4-12(13(6-10)22-2)14(18)17-23(19,20)11-5-9(15)7-16-8-11/h3-8H,1-2H3,(H,17,18). The smallest absolute Gasteiger partial charge is 0.268 e. The molecule has 0 bridgehead atoms. The Hall–Kier alpha value is -2.13. The minimum absolute atomic E-state index is 0.0693. The quantitative estimate of drug-likeness (QED) is 0.824.